The zero-order valence-electron chi connectivity index (χ0n) is 19.5. The van der Waals surface area contributed by atoms with Crippen molar-refractivity contribution in [3.8, 4) is 0 Å². The summed E-state index contributed by atoms with van der Waals surface area (Å²) in [6, 6.07) is -6.16. The minimum atomic E-state index is -1.81. The Morgan fingerprint density at radius 3 is 1.75 bits per heavy atom. The maximum Gasteiger partial charge on any atom is 0.326 e. The van der Waals surface area contributed by atoms with E-state index in [9.17, 15) is 33.9 Å². The first kappa shape index (κ1) is 32.0. The van der Waals surface area contributed by atoms with Crippen LogP contribution in [0.15, 0.2) is 4.99 Å². The Labute approximate surface area is 205 Å². The molecule has 17 heteroatoms. The molecule has 0 aliphatic rings. The number of carboxylic acids is 3. The van der Waals surface area contributed by atoms with Gasteiger partial charge in [-0.05, 0) is 26.2 Å². The molecule has 0 radical (unpaired) electrons. The molecule has 17 nitrogen and oxygen atoms in total. The van der Waals surface area contributed by atoms with Crippen LogP contribution in [0, 0.1) is 0 Å². The van der Waals surface area contributed by atoms with E-state index in [1.807, 2.05) is 5.32 Å². The van der Waals surface area contributed by atoms with E-state index in [1.54, 1.807) is 0 Å². The number of rotatable bonds is 17. The van der Waals surface area contributed by atoms with Gasteiger partial charge in [0.15, 0.2) is 5.96 Å². The summed E-state index contributed by atoms with van der Waals surface area (Å²) in [5.74, 6) is -7.67. The van der Waals surface area contributed by atoms with E-state index >= 15 is 0 Å². The number of carbonyl (C=O) groups is 6. The summed E-state index contributed by atoms with van der Waals surface area (Å²) in [6.07, 6.45) is -3.21. The summed E-state index contributed by atoms with van der Waals surface area (Å²) in [5.41, 5.74) is 16.0. The minimum Gasteiger partial charge on any atom is -0.481 e. The van der Waals surface area contributed by atoms with Crippen molar-refractivity contribution < 1.29 is 49.2 Å². The van der Waals surface area contributed by atoms with Crippen molar-refractivity contribution >= 4 is 41.6 Å². The average molecular weight is 520 g/mol. The van der Waals surface area contributed by atoms with Crippen LogP contribution in [-0.2, 0) is 28.8 Å². The number of nitrogens with zero attached hydrogens (tertiary/aromatic N) is 1. The molecule has 3 amide bonds. The van der Waals surface area contributed by atoms with Crippen molar-refractivity contribution in [3.63, 3.8) is 0 Å². The van der Waals surface area contributed by atoms with Crippen molar-refractivity contribution in [2.75, 3.05) is 6.54 Å². The van der Waals surface area contributed by atoms with Gasteiger partial charge in [0.05, 0.1) is 12.5 Å². The lowest BCUT2D eigenvalue weighted by Crippen LogP contribution is -2.58. The Hall–Kier alpha value is -3.99. The van der Waals surface area contributed by atoms with Gasteiger partial charge in [0.25, 0.3) is 0 Å². The van der Waals surface area contributed by atoms with Crippen molar-refractivity contribution in [1.29, 1.82) is 0 Å². The fraction of sp³-hybridized carbons (Fsp3) is 0.632. The number of aliphatic carboxylic acids is 3. The van der Waals surface area contributed by atoms with E-state index in [2.05, 4.69) is 15.6 Å². The van der Waals surface area contributed by atoms with E-state index in [1.165, 1.54) is 6.92 Å². The number of aliphatic imine (C=N–C) groups is 1. The van der Waals surface area contributed by atoms with Crippen LogP contribution in [-0.4, -0.2) is 98.8 Å². The highest BCUT2D eigenvalue weighted by atomic mass is 16.4. The number of nitrogens with two attached hydrogens (primary N) is 3. The third-order valence-corrected chi connectivity index (χ3v) is 4.67. The summed E-state index contributed by atoms with van der Waals surface area (Å²) >= 11 is 0. The first-order chi connectivity index (χ1) is 16.6. The SMILES string of the molecule is CC(O)C(N)C(=O)NC(CCC(=O)O)C(=O)NC(CCCN=C(N)N)C(=O)NC(CC(=O)O)C(=O)O. The molecule has 0 saturated heterocycles. The lowest BCUT2D eigenvalue weighted by Gasteiger charge is -2.25. The highest BCUT2D eigenvalue weighted by Gasteiger charge is 2.31. The monoisotopic (exact) mass is 519 g/mol. The van der Waals surface area contributed by atoms with Crippen LogP contribution in [0.25, 0.3) is 0 Å². The normalized spacial score (nSPS) is 14.8. The lowest BCUT2D eigenvalue weighted by atomic mass is 10.1. The number of aliphatic hydroxyl groups excluding tert-OH is 1. The first-order valence-corrected chi connectivity index (χ1v) is 10.7. The van der Waals surface area contributed by atoms with Crippen molar-refractivity contribution in [1.82, 2.24) is 16.0 Å². The Morgan fingerprint density at radius 1 is 0.806 bits per heavy atom. The van der Waals surface area contributed by atoms with Gasteiger partial charge >= 0.3 is 17.9 Å². The molecular weight excluding hydrogens is 486 g/mol. The van der Waals surface area contributed by atoms with E-state index in [4.69, 9.17) is 32.5 Å². The highest BCUT2D eigenvalue weighted by molar-refractivity contribution is 5.94. The number of guanidine groups is 1. The smallest absolute Gasteiger partial charge is 0.326 e. The zero-order chi connectivity index (χ0) is 28.0. The van der Waals surface area contributed by atoms with Crippen LogP contribution in [0.4, 0.5) is 0 Å². The zero-order valence-corrected chi connectivity index (χ0v) is 19.5. The molecule has 204 valence electrons. The molecule has 5 unspecified atom stereocenters. The van der Waals surface area contributed by atoms with Crippen LogP contribution < -0.4 is 33.2 Å². The maximum atomic E-state index is 12.9. The molecular formula is C19H33N7O10. The summed E-state index contributed by atoms with van der Waals surface area (Å²) in [7, 11) is 0. The largest absolute Gasteiger partial charge is 0.481 e. The fourth-order valence-corrected chi connectivity index (χ4v) is 2.72. The highest BCUT2D eigenvalue weighted by Crippen LogP contribution is 2.05. The molecule has 36 heavy (non-hydrogen) atoms. The molecule has 0 heterocycles. The molecule has 0 aromatic carbocycles. The van der Waals surface area contributed by atoms with Crippen LogP contribution in [0.1, 0.15) is 39.0 Å². The topological polar surface area (TPSA) is 310 Å². The molecule has 0 aliphatic heterocycles. The van der Waals surface area contributed by atoms with Crippen LogP contribution in [0.3, 0.4) is 0 Å². The number of amides is 3. The number of nitrogens with one attached hydrogen (secondary N) is 3. The molecule has 0 rings (SSSR count). The molecule has 0 spiro atoms. The molecule has 0 saturated carbocycles. The number of hydrogen-bond donors (Lipinski definition) is 10. The predicted molar refractivity (Wildman–Crippen MR) is 122 cm³/mol. The molecule has 0 aromatic rings. The second-order valence-corrected chi connectivity index (χ2v) is 7.77. The van der Waals surface area contributed by atoms with Gasteiger partial charge in [0, 0.05) is 13.0 Å². The minimum absolute atomic E-state index is 0.0297. The number of hydrogen-bond acceptors (Lipinski definition) is 9. The Balaban J connectivity index is 5.72. The summed E-state index contributed by atoms with van der Waals surface area (Å²) in [5, 5.41) is 43.0. The number of carbonyl (C=O) groups excluding carboxylic acids is 3. The van der Waals surface area contributed by atoms with Gasteiger partial charge in [-0.15, -0.1) is 0 Å². The van der Waals surface area contributed by atoms with Crippen LogP contribution in [0.5, 0.6) is 0 Å². The van der Waals surface area contributed by atoms with Crippen LogP contribution in [0.2, 0.25) is 0 Å². The Kier molecular flexibility index (Phi) is 14.1. The third-order valence-electron chi connectivity index (χ3n) is 4.67. The summed E-state index contributed by atoms with van der Waals surface area (Å²) in [6.45, 7) is 1.26. The predicted octanol–water partition coefficient (Wildman–Crippen LogP) is -4.37. The van der Waals surface area contributed by atoms with Gasteiger partial charge in [0.2, 0.25) is 17.7 Å². The van der Waals surface area contributed by atoms with E-state index < -0.39 is 85.2 Å². The van der Waals surface area contributed by atoms with Crippen molar-refractivity contribution in [3.05, 3.63) is 0 Å². The number of carboxylic acid groups (broad SMARTS) is 3. The van der Waals surface area contributed by atoms with Gasteiger partial charge < -0.3 is 53.6 Å². The lowest BCUT2D eigenvalue weighted by molar-refractivity contribution is -0.147. The molecule has 5 atom stereocenters. The summed E-state index contributed by atoms with van der Waals surface area (Å²) < 4.78 is 0. The molecule has 13 N–H and O–H groups in total. The summed E-state index contributed by atoms with van der Waals surface area (Å²) in [4.78, 5) is 74.7. The van der Waals surface area contributed by atoms with Gasteiger partial charge in [-0.25, -0.2) is 4.79 Å². The molecule has 0 bridgehead atoms. The van der Waals surface area contributed by atoms with Crippen molar-refractivity contribution in [2.24, 2.45) is 22.2 Å². The van der Waals surface area contributed by atoms with E-state index in [0.717, 1.165) is 0 Å². The molecule has 0 aliphatic carbocycles. The molecule has 0 aromatic heterocycles. The van der Waals surface area contributed by atoms with Gasteiger partial charge in [-0.1, -0.05) is 0 Å². The fourth-order valence-electron chi connectivity index (χ4n) is 2.72. The standard InChI is InChI=1S/C19H33N7O10/c1-8(27)14(20)17(34)25-10(4-5-12(28)29)16(33)24-9(3-2-6-23-19(21)22)15(32)26-11(18(35)36)7-13(30)31/h8-11,14,27H,2-7,20H2,1H3,(H,24,33)(H,25,34)(H,26,32)(H,28,29)(H,30,31)(H,35,36)(H4,21,22,23). The Morgan fingerprint density at radius 2 is 1.31 bits per heavy atom. The average Bonchev–Trinajstić information content (AvgIpc) is 2.76. The van der Waals surface area contributed by atoms with Crippen LogP contribution >= 0.6 is 0 Å². The van der Waals surface area contributed by atoms with E-state index in [-0.39, 0.29) is 25.3 Å². The quantitative estimate of drug-likeness (QED) is 0.0493. The van der Waals surface area contributed by atoms with Gasteiger partial charge in [-0.3, -0.25) is 29.0 Å². The first-order valence-electron chi connectivity index (χ1n) is 10.7. The van der Waals surface area contributed by atoms with Crippen molar-refractivity contribution in [2.45, 2.75) is 69.3 Å². The van der Waals surface area contributed by atoms with E-state index in [0.29, 0.717) is 0 Å². The second kappa shape index (κ2) is 15.8. The second-order valence-electron chi connectivity index (χ2n) is 7.77. The molecule has 0 fully saturated rings. The maximum absolute atomic E-state index is 12.9. The number of aliphatic hydroxyl groups is 1. The third kappa shape index (κ3) is 13.0. The Bertz CT molecular complexity index is 844. The van der Waals surface area contributed by atoms with Gasteiger partial charge in [0.1, 0.15) is 24.2 Å². The van der Waals surface area contributed by atoms with Gasteiger partial charge in [-0.2, -0.15) is 0 Å².